The molecule has 10 nitrogen and oxygen atoms in total. The fourth-order valence-corrected chi connectivity index (χ4v) is 6.18. The number of imidazole rings is 1. The van der Waals surface area contributed by atoms with Crippen LogP contribution in [0.3, 0.4) is 0 Å². The summed E-state index contributed by atoms with van der Waals surface area (Å²) in [5.74, 6) is -0.613. The van der Waals surface area contributed by atoms with Gasteiger partial charge >= 0.3 is 6.18 Å². The Hall–Kier alpha value is -4.83. The number of anilines is 3. The molecule has 250 valence electrons. The number of morpholine rings is 1. The van der Waals surface area contributed by atoms with Gasteiger partial charge < -0.3 is 19.9 Å². The fraction of sp³-hybridized carbons (Fsp3) is 0.344. The van der Waals surface area contributed by atoms with Crippen LogP contribution in [-0.4, -0.2) is 68.3 Å². The number of para-hydroxylation sites is 2. The maximum atomic E-state index is 14.3. The Bertz CT molecular complexity index is 1890. The molecule has 48 heavy (non-hydrogen) atoms. The molecular formula is C32H29F6N9O. The number of halogens is 6. The molecule has 1 atom stereocenters. The van der Waals surface area contributed by atoms with E-state index in [1.165, 1.54) is 41.1 Å². The number of nitrogens with one attached hydrogen (secondary N) is 1. The number of piperidine rings is 1. The first-order chi connectivity index (χ1) is 23.2. The van der Waals surface area contributed by atoms with Crippen molar-refractivity contribution in [3.05, 3.63) is 90.0 Å². The number of rotatable bonds is 7. The van der Waals surface area contributed by atoms with Gasteiger partial charge in [-0.25, -0.2) is 18.2 Å². The molecule has 2 saturated heterocycles. The van der Waals surface area contributed by atoms with Gasteiger partial charge in [0.2, 0.25) is 11.9 Å². The predicted molar refractivity (Wildman–Crippen MR) is 164 cm³/mol. The third kappa shape index (κ3) is 6.24. The molecule has 1 N–H and O–H groups in total. The van der Waals surface area contributed by atoms with Gasteiger partial charge in [0, 0.05) is 50.3 Å². The Balaban J connectivity index is 1.25. The molecule has 5 aromatic rings. The summed E-state index contributed by atoms with van der Waals surface area (Å²) in [5, 5.41) is 3.22. The van der Waals surface area contributed by atoms with Crippen LogP contribution in [0.5, 0.6) is 0 Å². The normalized spacial score (nSPS) is 17.7. The smallest absolute Gasteiger partial charge is 0.368 e. The average Bonchev–Trinajstić information content (AvgIpc) is 3.50. The summed E-state index contributed by atoms with van der Waals surface area (Å²) in [6, 6.07) is 12.9. The Morgan fingerprint density at radius 2 is 1.67 bits per heavy atom. The van der Waals surface area contributed by atoms with Crippen LogP contribution < -0.4 is 15.1 Å². The summed E-state index contributed by atoms with van der Waals surface area (Å²) < 4.78 is 92.0. The Labute approximate surface area is 270 Å². The van der Waals surface area contributed by atoms with Gasteiger partial charge in [0.25, 0.3) is 6.43 Å². The van der Waals surface area contributed by atoms with Gasteiger partial charge in [0.05, 0.1) is 28.9 Å². The Morgan fingerprint density at radius 3 is 2.38 bits per heavy atom. The molecule has 7 rings (SSSR count). The van der Waals surface area contributed by atoms with Crippen molar-refractivity contribution in [2.45, 2.75) is 37.6 Å². The fourth-order valence-electron chi connectivity index (χ4n) is 6.18. The molecule has 0 bridgehead atoms. The number of hydrogen-bond acceptors (Lipinski definition) is 9. The second-order valence-electron chi connectivity index (χ2n) is 11.4. The van der Waals surface area contributed by atoms with E-state index in [0.29, 0.717) is 62.3 Å². The quantitative estimate of drug-likeness (QED) is 0.204. The van der Waals surface area contributed by atoms with Crippen molar-refractivity contribution in [2.24, 2.45) is 0 Å². The van der Waals surface area contributed by atoms with Crippen LogP contribution in [0, 0.1) is 5.82 Å². The SMILES string of the molecule is Fc1ccc(N(c2ccncc2C(F)(F)F)C2CCN(c3nc(C4CNCCO4)nc(-n4c(C(F)F)nc5ccccc54)n3)CC2)cc1. The monoisotopic (exact) mass is 669 g/mol. The number of alkyl halides is 5. The molecule has 2 aliphatic rings. The lowest BCUT2D eigenvalue weighted by Crippen LogP contribution is -2.44. The first kappa shape index (κ1) is 31.8. The van der Waals surface area contributed by atoms with Crippen LogP contribution in [0.15, 0.2) is 67.0 Å². The molecule has 0 radical (unpaired) electrons. The number of pyridine rings is 1. The van der Waals surface area contributed by atoms with Gasteiger partial charge in [-0.3, -0.25) is 9.55 Å². The molecule has 0 spiro atoms. The van der Waals surface area contributed by atoms with Crippen molar-refractivity contribution in [3.63, 3.8) is 0 Å². The Morgan fingerprint density at radius 1 is 0.917 bits per heavy atom. The van der Waals surface area contributed by atoms with E-state index < -0.39 is 42.0 Å². The first-order valence-corrected chi connectivity index (χ1v) is 15.3. The van der Waals surface area contributed by atoms with Crippen molar-refractivity contribution in [3.8, 4) is 5.95 Å². The van der Waals surface area contributed by atoms with Crippen LogP contribution in [0.4, 0.5) is 43.7 Å². The standard InChI is InChI=1S/C32H29F6N9O/c33-19-5-7-20(8-6-19)46(24-9-12-39-17-22(24)32(36,37)38)21-10-14-45(15-11-21)30-42-28(26-18-40-13-16-48-26)43-31(44-30)47-25-4-2-1-3-23(25)41-29(47)27(34)35/h1-9,12,17,21,26-27,40H,10-11,13-16,18H2. The summed E-state index contributed by atoms with van der Waals surface area (Å²) in [6.45, 7) is 2.06. The first-order valence-electron chi connectivity index (χ1n) is 15.3. The van der Waals surface area contributed by atoms with Crippen LogP contribution >= 0.6 is 0 Å². The number of fused-ring (bicyclic) bond motifs is 1. The largest absolute Gasteiger partial charge is 0.419 e. The average molecular weight is 670 g/mol. The van der Waals surface area contributed by atoms with Gasteiger partial charge in [0.1, 0.15) is 11.9 Å². The lowest BCUT2D eigenvalue weighted by atomic mass is 10.0. The van der Waals surface area contributed by atoms with E-state index in [1.54, 1.807) is 29.2 Å². The van der Waals surface area contributed by atoms with E-state index >= 15 is 0 Å². The van der Waals surface area contributed by atoms with Gasteiger partial charge in [0.15, 0.2) is 11.6 Å². The zero-order valence-corrected chi connectivity index (χ0v) is 25.3. The number of benzene rings is 2. The minimum absolute atomic E-state index is 0.0464. The topological polar surface area (TPSA) is 97.1 Å². The molecule has 16 heteroatoms. The highest BCUT2D eigenvalue weighted by Gasteiger charge is 2.38. The molecule has 0 aliphatic carbocycles. The van der Waals surface area contributed by atoms with Crippen LogP contribution in [0.1, 0.15) is 42.6 Å². The van der Waals surface area contributed by atoms with Crippen molar-refractivity contribution < 1.29 is 31.1 Å². The summed E-state index contributed by atoms with van der Waals surface area (Å²) in [7, 11) is 0. The van der Waals surface area contributed by atoms with E-state index in [0.717, 1.165) is 6.20 Å². The van der Waals surface area contributed by atoms with Gasteiger partial charge in [-0.1, -0.05) is 12.1 Å². The molecule has 2 aliphatic heterocycles. The predicted octanol–water partition coefficient (Wildman–Crippen LogP) is 6.17. The van der Waals surface area contributed by atoms with E-state index in [1.807, 2.05) is 4.90 Å². The van der Waals surface area contributed by atoms with Crippen molar-refractivity contribution in [2.75, 3.05) is 42.6 Å². The highest BCUT2D eigenvalue weighted by Crippen LogP contribution is 2.41. The number of ether oxygens (including phenoxy) is 1. The van der Waals surface area contributed by atoms with Gasteiger partial charge in [-0.2, -0.15) is 28.1 Å². The maximum Gasteiger partial charge on any atom is 0.419 e. The van der Waals surface area contributed by atoms with Crippen LogP contribution in [0.25, 0.3) is 17.0 Å². The highest BCUT2D eigenvalue weighted by molar-refractivity contribution is 5.77. The second kappa shape index (κ2) is 13.0. The minimum atomic E-state index is -4.68. The van der Waals surface area contributed by atoms with E-state index in [2.05, 4.69) is 25.3 Å². The molecule has 1 unspecified atom stereocenters. The number of hydrogen-bond donors (Lipinski definition) is 1. The lowest BCUT2D eigenvalue weighted by Gasteiger charge is -2.40. The highest BCUT2D eigenvalue weighted by atomic mass is 19.4. The Kier molecular flexibility index (Phi) is 8.60. The zero-order chi connectivity index (χ0) is 33.4. The lowest BCUT2D eigenvalue weighted by molar-refractivity contribution is -0.137. The molecule has 3 aromatic heterocycles. The van der Waals surface area contributed by atoms with Gasteiger partial charge in [-0.15, -0.1) is 0 Å². The third-order valence-electron chi connectivity index (χ3n) is 8.41. The number of nitrogens with zero attached hydrogens (tertiary/aromatic N) is 8. The van der Waals surface area contributed by atoms with Crippen LogP contribution in [-0.2, 0) is 10.9 Å². The maximum absolute atomic E-state index is 14.3. The van der Waals surface area contributed by atoms with Gasteiger partial charge in [-0.05, 0) is 55.3 Å². The second-order valence-corrected chi connectivity index (χ2v) is 11.4. The minimum Gasteiger partial charge on any atom is -0.368 e. The third-order valence-corrected chi connectivity index (χ3v) is 8.41. The summed E-state index contributed by atoms with van der Waals surface area (Å²) in [4.78, 5) is 25.2. The molecule has 2 aromatic carbocycles. The summed E-state index contributed by atoms with van der Waals surface area (Å²) in [6.07, 6.45) is -5.36. The van der Waals surface area contributed by atoms with E-state index in [-0.39, 0.29) is 23.4 Å². The molecule has 0 amide bonds. The zero-order valence-electron chi connectivity index (χ0n) is 25.3. The van der Waals surface area contributed by atoms with Crippen molar-refractivity contribution >= 4 is 28.4 Å². The molecule has 2 fully saturated rings. The molecular weight excluding hydrogens is 640 g/mol. The number of aromatic nitrogens is 6. The van der Waals surface area contributed by atoms with Crippen molar-refractivity contribution in [1.29, 1.82) is 0 Å². The van der Waals surface area contributed by atoms with E-state index in [4.69, 9.17) is 9.72 Å². The van der Waals surface area contributed by atoms with Crippen molar-refractivity contribution in [1.82, 2.24) is 34.8 Å². The summed E-state index contributed by atoms with van der Waals surface area (Å²) >= 11 is 0. The molecule has 0 saturated carbocycles. The van der Waals surface area contributed by atoms with E-state index in [9.17, 15) is 26.3 Å². The molecule has 5 heterocycles. The summed E-state index contributed by atoms with van der Waals surface area (Å²) in [5.41, 5.74) is 0.130. The van der Waals surface area contributed by atoms with Crippen LogP contribution in [0.2, 0.25) is 0 Å².